The van der Waals surface area contributed by atoms with Gasteiger partial charge in [0.2, 0.25) is 0 Å². The van der Waals surface area contributed by atoms with Crippen LogP contribution in [0.1, 0.15) is 11.3 Å². The summed E-state index contributed by atoms with van der Waals surface area (Å²) < 4.78 is 5.70. The lowest BCUT2D eigenvalue weighted by Crippen LogP contribution is -2.19. The summed E-state index contributed by atoms with van der Waals surface area (Å²) in [6.45, 7) is 2.10. The Balaban J connectivity index is 0.00000192. The zero-order valence-electron chi connectivity index (χ0n) is 14.8. The van der Waals surface area contributed by atoms with E-state index in [1.807, 2.05) is 36.4 Å². The number of ether oxygens (including phenoxy) is 1. The first-order valence-electron chi connectivity index (χ1n) is 8.71. The van der Waals surface area contributed by atoms with Crippen LogP contribution in [-0.4, -0.2) is 44.3 Å². The Hall–Kier alpha value is -3.39. The van der Waals surface area contributed by atoms with Gasteiger partial charge in [-0.3, -0.25) is 4.99 Å². The van der Waals surface area contributed by atoms with Gasteiger partial charge in [-0.1, -0.05) is 0 Å². The van der Waals surface area contributed by atoms with Gasteiger partial charge in [0.05, 0.1) is 23.8 Å². The van der Waals surface area contributed by atoms with Crippen LogP contribution in [0, 0.1) is 0 Å². The largest absolute Gasteiger partial charge is 0.487 e. The molecule has 0 saturated carbocycles. The Labute approximate surface area is 166 Å². The van der Waals surface area contributed by atoms with Crippen molar-refractivity contribution in [2.75, 3.05) is 13.1 Å². The summed E-state index contributed by atoms with van der Waals surface area (Å²) in [5, 5.41) is 13.6. The number of rotatable bonds is 5. The van der Waals surface area contributed by atoms with Crippen molar-refractivity contribution in [2.24, 2.45) is 4.99 Å². The summed E-state index contributed by atoms with van der Waals surface area (Å²) in [6, 6.07) is 14.0. The standard InChI is InChI=1S/C19H17N7O.ClH/c1-4-15(27-11-14-10-22-26-25-14)5-2-12(1)19-23-16-6-3-13(9-17(16)24-19)18-20-7-8-21-18;/h1-6,9-10H,7-8,11H2,(H,20,21)(H,23,24)(H,22,25,26);1H. The third-order valence-corrected chi connectivity index (χ3v) is 4.41. The zero-order chi connectivity index (χ0) is 18.1. The molecule has 8 nitrogen and oxygen atoms in total. The van der Waals surface area contributed by atoms with E-state index in [2.05, 4.69) is 41.8 Å². The van der Waals surface area contributed by atoms with Crippen LogP contribution < -0.4 is 10.1 Å². The Morgan fingerprint density at radius 3 is 2.64 bits per heavy atom. The van der Waals surface area contributed by atoms with Gasteiger partial charge in [0, 0.05) is 17.7 Å². The Bertz CT molecular complexity index is 1100. The first-order chi connectivity index (χ1) is 13.3. The van der Waals surface area contributed by atoms with Crippen molar-refractivity contribution in [3.63, 3.8) is 0 Å². The average molecular weight is 396 g/mol. The minimum absolute atomic E-state index is 0. The highest BCUT2D eigenvalue weighted by Gasteiger charge is 2.11. The van der Waals surface area contributed by atoms with Crippen molar-refractivity contribution in [1.82, 2.24) is 30.7 Å². The number of amidine groups is 1. The number of imidazole rings is 1. The maximum absolute atomic E-state index is 5.70. The molecule has 0 spiro atoms. The number of H-pyrrole nitrogens is 2. The molecular formula is C19H18ClN7O. The Morgan fingerprint density at radius 1 is 1.04 bits per heavy atom. The molecule has 0 atom stereocenters. The third kappa shape index (κ3) is 3.54. The second-order valence-electron chi connectivity index (χ2n) is 6.25. The maximum Gasteiger partial charge on any atom is 0.138 e. The summed E-state index contributed by atoms with van der Waals surface area (Å²) >= 11 is 0. The number of hydrogen-bond donors (Lipinski definition) is 3. The highest BCUT2D eigenvalue weighted by Crippen LogP contribution is 2.24. The molecule has 1 aliphatic rings. The van der Waals surface area contributed by atoms with E-state index < -0.39 is 0 Å². The van der Waals surface area contributed by atoms with Crippen LogP contribution in [0.3, 0.4) is 0 Å². The van der Waals surface area contributed by atoms with Gasteiger partial charge >= 0.3 is 0 Å². The first-order valence-corrected chi connectivity index (χ1v) is 8.71. The average Bonchev–Trinajstić information content (AvgIpc) is 3.47. The molecule has 2 aromatic carbocycles. The van der Waals surface area contributed by atoms with Crippen molar-refractivity contribution < 1.29 is 4.74 Å². The molecule has 0 unspecified atom stereocenters. The number of aliphatic imine (C=N–C) groups is 1. The van der Waals surface area contributed by atoms with E-state index >= 15 is 0 Å². The molecule has 5 rings (SSSR count). The Morgan fingerprint density at radius 2 is 1.89 bits per heavy atom. The van der Waals surface area contributed by atoms with Gasteiger partial charge in [0.15, 0.2) is 0 Å². The number of aromatic amines is 2. The molecule has 2 aromatic heterocycles. The van der Waals surface area contributed by atoms with E-state index in [4.69, 9.17) is 4.74 Å². The quantitative estimate of drug-likeness (QED) is 0.482. The van der Waals surface area contributed by atoms with Crippen molar-refractivity contribution >= 4 is 29.3 Å². The monoisotopic (exact) mass is 395 g/mol. The number of hydrogen-bond acceptors (Lipinski definition) is 6. The number of halogens is 1. The highest BCUT2D eigenvalue weighted by atomic mass is 35.5. The van der Waals surface area contributed by atoms with Crippen LogP contribution in [0.4, 0.5) is 0 Å². The minimum Gasteiger partial charge on any atom is -0.487 e. The SMILES string of the molecule is Cl.c1cc(-c2nc3ccc(C4=NCCN4)cc3[nH]2)ccc1OCc1cn[nH]n1. The fourth-order valence-electron chi connectivity index (χ4n) is 3.05. The van der Waals surface area contributed by atoms with E-state index in [0.29, 0.717) is 6.61 Å². The summed E-state index contributed by atoms with van der Waals surface area (Å²) in [6.07, 6.45) is 1.64. The third-order valence-electron chi connectivity index (χ3n) is 4.41. The lowest BCUT2D eigenvalue weighted by molar-refractivity contribution is 0.301. The van der Waals surface area contributed by atoms with E-state index in [9.17, 15) is 0 Å². The molecule has 4 aromatic rings. The van der Waals surface area contributed by atoms with Crippen molar-refractivity contribution in [2.45, 2.75) is 6.61 Å². The van der Waals surface area contributed by atoms with Gasteiger partial charge in [0.25, 0.3) is 0 Å². The van der Waals surface area contributed by atoms with Crippen LogP contribution in [0.5, 0.6) is 5.75 Å². The normalized spacial score (nSPS) is 13.1. The number of fused-ring (bicyclic) bond motifs is 1. The highest BCUT2D eigenvalue weighted by molar-refractivity contribution is 6.02. The van der Waals surface area contributed by atoms with Gasteiger partial charge in [-0.25, -0.2) is 4.98 Å². The number of nitrogens with one attached hydrogen (secondary N) is 3. The molecule has 3 N–H and O–H groups in total. The molecule has 9 heteroatoms. The smallest absolute Gasteiger partial charge is 0.138 e. The second-order valence-corrected chi connectivity index (χ2v) is 6.25. The Kier molecular flexibility index (Phi) is 4.94. The molecule has 0 radical (unpaired) electrons. The molecule has 0 saturated heterocycles. The molecule has 3 heterocycles. The summed E-state index contributed by atoms with van der Waals surface area (Å²) in [5.41, 5.74) is 4.75. The molecule has 0 bridgehead atoms. The molecular weight excluding hydrogens is 378 g/mol. The fraction of sp³-hybridized carbons (Fsp3) is 0.158. The van der Waals surface area contributed by atoms with Crippen LogP contribution >= 0.6 is 12.4 Å². The van der Waals surface area contributed by atoms with Crippen LogP contribution in [0.15, 0.2) is 53.7 Å². The van der Waals surface area contributed by atoms with Gasteiger partial charge < -0.3 is 15.0 Å². The second kappa shape index (κ2) is 7.69. The van der Waals surface area contributed by atoms with E-state index in [-0.39, 0.29) is 12.4 Å². The lowest BCUT2D eigenvalue weighted by atomic mass is 10.2. The van der Waals surface area contributed by atoms with Gasteiger partial charge in [0.1, 0.15) is 29.7 Å². The number of aromatic nitrogens is 5. The van der Waals surface area contributed by atoms with Crippen molar-refractivity contribution in [3.05, 3.63) is 59.9 Å². The maximum atomic E-state index is 5.70. The summed E-state index contributed by atoms with van der Waals surface area (Å²) in [7, 11) is 0. The summed E-state index contributed by atoms with van der Waals surface area (Å²) in [5.74, 6) is 2.54. The van der Waals surface area contributed by atoms with Crippen LogP contribution in [0.25, 0.3) is 22.4 Å². The van der Waals surface area contributed by atoms with Crippen LogP contribution in [-0.2, 0) is 6.61 Å². The predicted octanol–water partition coefficient (Wildman–Crippen LogP) is 2.70. The predicted molar refractivity (Wildman–Crippen MR) is 109 cm³/mol. The first kappa shape index (κ1) is 18.0. The topological polar surface area (TPSA) is 104 Å². The van der Waals surface area contributed by atoms with E-state index in [1.54, 1.807) is 6.20 Å². The van der Waals surface area contributed by atoms with E-state index in [0.717, 1.165) is 58.4 Å². The van der Waals surface area contributed by atoms with Crippen LogP contribution in [0.2, 0.25) is 0 Å². The lowest BCUT2D eigenvalue weighted by Gasteiger charge is -2.04. The molecule has 0 aliphatic carbocycles. The van der Waals surface area contributed by atoms with Gasteiger partial charge in [-0.05, 0) is 42.5 Å². The molecule has 0 fully saturated rings. The molecule has 0 amide bonds. The van der Waals surface area contributed by atoms with Gasteiger partial charge in [-0.2, -0.15) is 15.4 Å². The van der Waals surface area contributed by atoms with Crippen molar-refractivity contribution in [3.8, 4) is 17.1 Å². The van der Waals surface area contributed by atoms with Crippen molar-refractivity contribution in [1.29, 1.82) is 0 Å². The number of nitrogens with zero attached hydrogens (tertiary/aromatic N) is 4. The van der Waals surface area contributed by atoms with E-state index in [1.165, 1.54) is 0 Å². The fourth-order valence-corrected chi connectivity index (χ4v) is 3.05. The van der Waals surface area contributed by atoms with Gasteiger partial charge in [-0.15, -0.1) is 12.4 Å². The molecule has 28 heavy (non-hydrogen) atoms. The number of benzene rings is 2. The molecule has 142 valence electrons. The molecule has 1 aliphatic heterocycles. The zero-order valence-corrected chi connectivity index (χ0v) is 15.7. The summed E-state index contributed by atoms with van der Waals surface area (Å²) in [4.78, 5) is 12.6. The minimum atomic E-state index is 0.